The molecule has 0 amide bonds. The fourth-order valence-corrected chi connectivity index (χ4v) is 2.35. The molecule has 0 saturated carbocycles. The van der Waals surface area contributed by atoms with Gasteiger partial charge >= 0.3 is 0 Å². The van der Waals surface area contributed by atoms with Crippen molar-refractivity contribution in [3.8, 4) is 0 Å². The summed E-state index contributed by atoms with van der Waals surface area (Å²) in [6.07, 6.45) is 1.87. The Morgan fingerprint density at radius 2 is 2.45 bits per heavy atom. The standard InChI is InChI=1S/C8H15FN2/c9-8(5-10)3-7-1-2-11(4-7)6-8/h7H,1-6,10H2. The van der Waals surface area contributed by atoms with Crippen LogP contribution in [-0.2, 0) is 0 Å². The van der Waals surface area contributed by atoms with E-state index in [1.54, 1.807) is 0 Å². The van der Waals surface area contributed by atoms with Crippen molar-refractivity contribution in [2.24, 2.45) is 11.7 Å². The van der Waals surface area contributed by atoms with E-state index >= 15 is 0 Å². The molecule has 0 aliphatic carbocycles. The Balaban J connectivity index is 2.07. The zero-order valence-corrected chi connectivity index (χ0v) is 6.72. The fraction of sp³-hybridized carbons (Fsp3) is 1.00. The molecule has 2 fully saturated rings. The van der Waals surface area contributed by atoms with Crippen molar-refractivity contribution >= 4 is 0 Å². The molecule has 64 valence electrons. The van der Waals surface area contributed by atoms with Crippen molar-refractivity contribution in [2.45, 2.75) is 18.5 Å². The molecule has 11 heavy (non-hydrogen) atoms. The number of rotatable bonds is 1. The first-order chi connectivity index (χ1) is 5.22. The number of piperidine rings is 1. The molecule has 2 nitrogen and oxygen atoms in total. The van der Waals surface area contributed by atoms with E-state index in [2.05, 4.69) is 4.90 Å². The summed E-state index contributed by atoms with van der Waals surface area (Å²) in [5, 5.41) is 0. The lowest BCUT2D eigenvalue weighted by atomic mass is 9.89. The van der Waals surface area contributed by atoms with Crippen molar-refractivity contribution in [3.63, 3.8) is 0 Å². The third kappa shape index (κ3) is 1.27. The number of nitrogens with two attached hydrogens (primary N) is 1. The summed E-state index contributed by atoms with van der Waals surface area (Å²) < 4.78 is 13.7. The van der Waals surface area contributed by atoms with E-state index in [0.717, 1.165) is 13.1 Å². The second-order valence-corrected chi connectivity index (χ2v) is 3.95. The van der Waals surface area contributed by atoms with Crippen LogP contribution in [0.3, 0.4) is 0 Å². The molecule has 2 aliphatic rings. The first-order valence-corrected chi connectivity index (χ1v) is 4.33. The zero-order chi connectivity index (χ0) is 7.90. The van der Waals surface area contributed by atoms with Crippen molar-refractivity contribution < 1.29 is 4.39 Å². The Bertz CT molecular complexity index is 148. The van der Waals surface area contributed by atoms with E-state index in [0.29, 0.717) is 18.9 Å². The van der Waals surface area contributed by atoms with Gasteiger partial charge in [-0.3, -0.25) is 4.90 Å². The van der Waals surface area contributed by atoms with Crippen LogP contribution in [0.25, 0.3) is 0 Å². The van der Waals surface area contributed by atoms with E-state index < -0.39 is 5.67 Å². The third-order valence-corrected chi connectivity index (χ3v) is 2.90. The average molecular weight is 158 g/mol. The molecule has 2 bridgehead atoms. The zero-order valence-electron chi connectivity index (χ0n) is 6.72. The second kappa shape index (κ2) is 2.42. The van der Waals surface area contributed by atoms with Crippen molar-refractivity contribution in [1.82, 2.24) is 4.90 Å². The molecule has 2 aliphatic heterocycles. The minimum Gasteiger partial charge on any atom is -0.327 e. The molecule has 0 radical (unpaired) electrons. The summed E-state index contributed by atoms with van der Waals surface area (Å²) in [6.45, 7) is 2.95. The predicted octanol–water partition coefficient (Wildman–Crippen LogP) is 0.379. The highest BCUT2D eigenvalue weighted by Gasteiger charge is 2.42. The van der Waals surface area contributed by atoms with Gasteiger partial charge in [0, 0.05) is 19.6 Å². The smallest absolute Gasteiger partial charge is 0.136 e. The Labute approximate surface area is 66.5 Å². The predicted molar refractivity (Wildman–Crippen MR) is 42.1 cm³/mol. The topological polar surface area (TPSA) is 29.3 Å². The molecule has 3 heteroatoms. The summed E-state index contributed by atoms with van der Waals surface area (Å²) >= 11 is 0. The average Bonchev–Trinajstić information content (AvgIpc) is 2.31. The fourth-order valence-electron chi connectivity index (χ4n) is 2.35. The first kappa shape index (κ1) is 7.50. The molecule has 2 saturated heterocycles. The van der Waals surface area contributed by atoms with Gasteiger partial charge in [-0.05, 0) is 25.3 Å². The third-order valence-electron chi connectivity index (χ3n) is 2.90. The maximum atomic E-state index is 13.7. The van der Waals surface area contributed by atoms with Crippen molar-refractivity contribution in [1.29, 1.82) is 0 Å². The van der Waals surface area contributed by atoms with Crippen LogP contribution < -0.4 is 5.73 Å². The molecule has 0 spiro atoms. The molecular formula is C8H15FN2. The van der Waals surface area contributed by atoms with Crippen LogP contribution in [0.1, 0.15) is 12.8 Å². The lowest BCUT2D eigenvalue weighted by Crippen LogP contribution is -2.48. The van der Waals surface area contributed by atoms with E-state index in [1.807, 2.05) is 0 Å². The van der Waals surface area contributed by atoms with Crippen LogP contribution in [0.2, 0.25) is 0 Å². The Kier molecular flexibility index (Phi) is 1.65. The van der Waals surface area contributed by atoms with Crippen LogP contribution in [0.5, 0.6) is 0 Å². The summed E-state index contributed by atoms with van der Waals surface area (Å²) in [7, 11) is 0. The van der Waals surface area contributed by atoms with Crippen LogP contribution in [-0.4, -0.2) is 36.7 Å². The molecule has 0 aromatic heterocycles. The molecular weight excluding hydrogens is 143 g/mol. The quantitative estimate of drug-likeness (QED) is 0.597. The normalized spacial score (nSPS) is 49.6. The second-order valence-electron chi connectivity index (χ2n) is 3.95. The minimum atomic E-state index is -1.07. The van der Waals surface area contributed by atoms with Gasteiger partial charge in [0.05, 0.1) is 0 Å². The highest BCUT2D eigenvalue weighted by atomic mass is 19.1. The largest absolute Gasteiger partial charge is 0.327 e. The van der Waals surface area contributed by atoms with Crippen LogP contribution in [0, 0.1) is 5.92 Å². The van der Waals surface area contributed by atoms with Gasteiger partial charge in [0.25, 0.3) is 0 Å². The van der Waals surface area contributed by atoms with E-state index in [4.69, 9.17) is 5.73 Å². The van der Waals surface area contributed by atoms with Gasteiger partial charge in [-0.25, -0.2) is 4.39 Å². The van der Waals surface area contributed by atoms with E-state index in [9.17, 15) is 4.39 Å². The number of nitrogens with zero attached hydrogens (tertiary/aromatic N) is 1. The number of halogens is 1. The summed E-state index contributed by atoms with van der Waals surface area (Å²) in [6, 6.07) is 0. The Morgan fingerprint density at radius 1 is 1.64 bits per heavy atom. The lowest BCUT2D eigenvalue weighted by molar-refractivity contribution is 0.0596. The van der Waals surface area contributed by atoms with Crippen molar-refractivity contribution in [3.05, 3.63) is 0 Å². The number of alkyl halides is 1. The van der Waals surface area contributed by atoms with E-state index in [1.165, 1.54) is 6.42 Å². The summed E-state index contributed by atoms with van der Waals surface area (Å²) in [4.78, 5) is 2.20. The number of fused-ring (bicyclic) bond motifs is 2. The van der Waals surface area contributed by atoms with Crippen molar-refractivity contribution in [2.75, 3.05) is 26.2 Å². The van der Waals surface area contributed by atoms with Gasteiger partial charge in [-0.1, -0.05) is 0 Å². The van der Waals surface area contributed by atoms with Gasteiger partial charge in [0.1, 0.15) is 5.67 Å². The van der Waals surface area contributed by atoms with Crippen LogP contribution >= 0.6 is 0 Å². The lowest BCUT2D eigenvalue weighted by Gasteiger charge is -2.34. The van der Waals surface area contributed by atoms with Gasteiger partial charge in [-0.15, -0.1) is 0 Å². The van der Waals surface area contributed by atoms with Gasteiger partial charge in [0.2, 0.25) is 0 Å². The summed E-state index contributed by atoms with van der Waals surface area (Å²) in [5.74, 6) is 0.581. The molecule has 2 N–H and O–H groups in total. The molecule has 3 unspecified atom stereocenters. The van der Waals surface area contributed by atoms with Gasteiger partial charge in [0.15, 0.2) is 0 Å². The van der Waals surface area contributed by atoms with Gasteiger partial charge in [-0.2, -0.15) is 0 Å². The summed E-state index contributed by atoms with van der Waals surface area (Å²) in [5.41, 5.74) is 4.32. The Morgan fingerprint density at radius 3 is 3.09 bits per heavy atom. The SMILES string of the molecule is NCC1(F)CC2CCN(C2)C1. The molecule has 3 atom stereocenters. The van der Waals surface area contributed by atoms with E-state index in [-0.39, 0.29) is 6.54 Å². The first-order valence-electron chi connectivity index (χ1n) is 4.33. The number of hydrogen-bond donors (Lipinski definition) is 1. The van der Waals surface area contributed by atoms with Crippen LogP contribution in [0.15, 0.2) is 0 Å². The monoisotopic (exact) mass is 158 g/mol. The molecule has 0 aromatic carbocycles. The molecule has 2 heterocycles. The highest BCUT2D eigenvalue weighted by molar-refractivity contribution is 4.95. The maximum Gasteiger partial charge on any atom is 0.136 e. The maximum absolute atomic E-state index is 13.7. The number of hydrogen-bond acceptors (Lipinski definition) is 2. The Hall–Kier alpha value is -0.150. The van der Waals surface area contributed by atoms with Crippen LogP contribution in [0.4, 0.5) is 4.39 Å². The molecule has 2 rings (SSSR count). The minimum absolute atomic E-state index is 0.194. The highest BCUT2D eigenvalue weighted by Crippen LogP contribution is 2.34. The molecule has 0 aromatic rings. The van der Waals surface area contributed by atoms with Gasteiger partial charge < -0.3 is 5.73 Å².